The van der Waals surface area contributed by atoms with Crippen LogP contribution in [0.5, 0.6) is 5.75 Å². The maximum atomic E-state index is 12.1. The van der Waals surface area contributed by atoms with Gasteiger partial charge in [-0.05, 0) is 40.7 Å². The van der Waals surface area contributed by atoms with Gasteiger partial charge in [0.1, 0.15) is 5.75 Å². The van der Waals surface area contributed by atoms with Crippen molar-refractivity contribution in [3.8, 4) is 5.75 Å². The number of alkyl halides is 2. The van der Waals surface area contributed by atoms with Crippen LogP contribution in [0.4, 0.5) is 8.78 Å². The topological polar surface area (TPSA) is 39.1 Å². The number of aromatic nitrogens is 2. The van der Waals surface area contributed by atoms with Gasteiger partial charge in [0.05, 0.1) is 22.4 Å². The Morgan fingerprint density at radius 2 is 1.95 bits per heavy atom. The van der Waals surface area contributed by atoms with E-state index in [2.05, 4.69) is 31.1 Å². The second kappa shape index (κ2) is 6.32. The van der Waals surface area contributed by atoms with E-state index in [0.717, 1.165) is 15.7 Å². The largest absolute Gasteiger partial charge is 0.435 e. The van der Waals surface area contributed by atoms with Crippen LogP contribution in [0, 0.1) is 0 Å². The van der Waals surface area contributed by atoms with Gasteiger partial charge in [0, 0.05) is 7.05 Å². The third-order valence-corrected chi connectivity index (χ3v) is 3.55. The van der Waals surface area contributed by atoms with Gasteiger partial charge in [0.2, 0.25) is 0 Å². The van der Waals surface area contributed by atoms with Crippen LogP contribution in [0.2, 0.25) is 0 Å². The molecule has 4 nitrogen and oxygen atoms in total. The summed E-state index contributed by atoms with van der Waals surface area (Å²) in [6, 6.07) is 6.44. The summed E-state index contributed by atoms with van der Waals surface area (Å²) in [4.78, 5) is 0. The maximum absolute atomic E-state index is 12.1. The van der Waals surface area contributed by atoms with Crippen LogP contribution in [-0.4, -0.2) is 23.4 Å². The predicted octanol–water partition coefficient (Wildman–Crippen LogP) is 3.09. The van der Waals surface area contributed by atoms with E-state index in [9.17, 15) is 8.78 Å². The molecule has 1 N–H and O–H groups in total. The van der Waals surface area contributed by atoms with Gasteiger partial charge in [-0.3, -0.25) is 4.68 Å². The highest BCUT2D eigenvalue weighted by Gasteiger charge is 2.19. The molecule has 2 rings (SSSR count). The Kier molecular flexibility index (Phi) is 4.72. The molecule has 1 heterocycles. The number of nitrogens with one attached hydrogen (secondary N) is 1. The number of nitrogens with zero attached hydrogens (tertiary/aromatic N) is 2. The molecule has 0 saturated heterocycles. The molecule has 20 heavy (non-hydrogen) atoms. The second-order valence-electron chi connectivity index (χ2n) is 4.17. The predicted molar refractivity (Wildman–Crippen MR) is 74.9 cm³/mol. The molecule has 1 aromatic heterocycles. The molecule has 7 heteroatoms. The van der Waals surface area contributed by atoms with Crippen LogP contribution < -0.4 is 10.1 Å². The number of hydrogen-bond acceptors (Lipinski definition) is 3. The normalized spacial score (nSPS) is 12.7. The van der Waals surface area contributed by atoms with Crippen molar-refractivity contribution >= 4 is 15.9 Å². The summed E-state index contributed by atoms with van der Waals surface area (Å²) in [7, 11) is 3.67. The molecule has 0 aliphatic carbocycles. The highest BCUT2D eigenvalue weighted by molar-refractivity contribution is 9.10. The smallest absolute Gasteiger partial charge is 0.387 e. The van der Waals surface area contributed by atoms with Crippen molar-refractivity contribution < 1.29 is 13.5 Å². The van der Waals surface area contributed by atoms with Crippen molar-refractivity contribution in [2.75, 3.05) is 7.05 Å². The zero-order chi connectivity index (χ0) is 14.7. The second-order valence-corrected chi connectivity index (χ2v) is 5.02. The summed E-state index contributed by atoms with van der Waals surface area (Å²) in [6.07, 6.45) is 1.72. The molecule has 0 fully saturated rings. The summed E-state index contributed by atoms with van der Waals surface area (Å²) in [5.41, 5.74) is 1.88. The molecule has 2 aromatic rings. The monoisotopic (exact) mass is 345 g/mol. The summed E-state index contributed by atoms with van der Waals surface area (Å²) in [6.45, 7) is -2.81. The van der Waals surface area contributed by atoms with Gasteiger partial charge < -0.3 is 10.1 Å². The van der Waals surface area contributed by atoms with Crippen molar-refractivity contribution in [3.05, 3.63) is 46.2 Å². The minimum Gasteiger partial charge on any atom is -0.435 e. The lowest BCUT2D eigenvalue weighted by Crippen LogP contribution is -2.21. The zero-order valence-corrected chi connectivity index (χ0v) is 12.6. The molecular weight excluding hydrogens is 332 g/mol. The number of aryl methyl sites for hydroxylation is 1. The third-order valence-electron chi connectivity index (χ3n) is 2.94. The Balaban J connectivity index is 2.29. The maximum Gasteiger partial charge on any atom is 0.387 e. The van der Waals surface area contributed by atoms with Crippen LogP contribution >= 0.6 is 15.9 Å². The number of rotatable bonds is 5. The average molecular weight is 346 g/mol. The lowest BCUT2D eigenvalue weighted by atomic mass is 10.0. The molecular formula is C13H14BrF2N3O. The summed E-state index contributed by atoms with van der Waals surface area (Å²) in [5.74, 6) is 0.141. The van der Waals surface area contributed by atoms with E-state index >= 15 is 0 Å². The van der Waals surface area contributed by atoms with Crippen molar-refractivity contribution in [2.45, 2.75) is 12.7 Å². The fourth-order valence-corrected chi connectivity index (χ4v) is 2.62. The van der Waals surface area contributed by atoms with Crippen molar-refractivity contribution in [1.29, 1.82) is 0 Å². The molecule has 0 spiro atoms. The fraction of sp³-hybridized carbons (Fsp3) is 0.308. The quantitative estimate of drug-likeness (QED) is 0.904. The van der Waals surface area contributed by atoms with E-state index in [1.54, 1.807) is 23.0 Å². The van der Waals surface area contributed by atoms with E-state index in [1.165, 1.54) is 12.1 Å². The first-order chi connectivity index (χ1) is 9.52. The summed E-state index contributed by atoms with van der Waals surface area (Å²) < 4.78 is 31.2. The standard InChI is InChI=1S/C13H14BrF2N3O/c1-17-11(12-10(14)7-18-19(12)2)8-3-5-9(6-4-8)20-13(15)16/h3-7,11,13,17H,1-2H3. The molecule has 1 atom stereocenters. The van der Waals surface area contributed by atoms with Crippen molar-refractivity contribution in [1.82, 2.24) is 15.1 Å². The van der Waals surface area contributed by atoms with Crippen molar-refractivity contribution in [2.24, 2.45) is 7.05 Å². The van der Waals surface area contributed by atoms with Gasteiger partial charge in [0.15, 0.2) is 0 Å². The molecule has 1 unspecified atom stereocenters. The van der Waals surface area contributed by atoms with E-state index in [1.807, 2.05) is 14.1 Å². The molecule has 0 amide bonds. The van der Waals surface area contributed by atoms with Crippen LogP contribution in [-0.2, 0) is 7.05 Å². The molecule has 0 radical (unpaired) electrons. The minimum atomic E-state index is -2.81. The van der Waals surface area contributed by atoms with Crippen molar-refractivity contribution in [3.63, 3.8) is 0 Å². The Bertz CT molecular complexity index is 552. The highest BCUT2D eigenvalue weighted by Crippen LogP contribution is 2.29. The first-order valence-electron chi connectivity index (χ1n) is 5.92. The van der Waals surface area contributed by atoms with Crippen LogP contribution in [0.25, 0.3) is 0 Å². The highest BCUT2D eigenvalue weighted by atomic mass is 79.9. The van der Waals surface area contributed by atoms with Gasteiger partial charge in [-0.1, -0.05) is 12.1 Å². The third kappa shape index (κ3) is 3.16. The number of ether oxygens (including phenoxy) is 1. The minimum absolute atomic E-state index is 0.0996. The first kappa shape index (κ1) is 14.9. The first-order valence-corrected chi connectivity index (χ1v) is 6.71. The van der Waals surface area contributed by atoms with Gasteiger partial charge >= 0.3 is 6.61 Å². The lowest BCUT2D eigenvalue weighted by Gasteiger charge is -2.18. The Hall–Kier alpha value is -1.47. The van der Waals surface area contributed by atoms with Gasteiger partial charge in [0.25, 0.3) is 0 Å². The SMILES string of the molecule is CNC(c1ccc(OC(F)F)cc1)c1c(Br)cnn1C. The lowest BCUT2D eigenvalue weighted by molar-refractivity contribution is -0.0498. The van der Waals surface area contributed by atoms with Crippen LogP contribution in [0.15, 0.2) is 34.9 Å². The van der Waals surface area contributed by atoms with Gasteiger partial charge in [-0.15, -0.1) is 0 Å². The van der Waals surface area contributed by atoms with Crippen LogP contribution in [0.3, 0.4) is 0 Å². The molecule has 0 bridgehead atoms. The molecule has 1 aromatic carbocycles. The van der Waals surface area contributed by atoms with E-state index in [-0.39, 0.29) is 11.8 Å². The molecule has 0 aliphatic heterocycles. The van der Waals surface area contributed by atoms with Gasteiger partial charge in [-0.25, -0.2) is 0 Å². The molecule has 0 saturated carbocycles. The Morgan fingerprint density at radius 3 is 2.40 bits per heavy atom. The number of halogens is 3. The molecule has 108 valence electrons. The summed E-state index contributed by atoms with van der Waals surface area (Å²) >= 11 is 3.46. The molecule has 0 aliphatic rings. The number of benzene rings is 1. The van der Waals surface area contributed by atoms with E-state index in [0.29, 0.717) is 0 Å². The average Bonchev–Trinajstić information content (AvgIpc) is 2.73. The fourth-order valence-electron chi connectivity index (χ4n) is 2.05. The zero-order valence-electron chi connectivity index (χ0n) is 11.0. The van der Waals surface area contributed by atoms with E-state index in [4.69, 9.17) is 0 Å². The van der Waals surface area contributed by atoms with Gasteiger partial charge in [-0.2, -0.15) is 13.9 Å². The summed E-state index contributed by atoms with van der Waals surface area (Å²) in [5, 5.41) is 7.36. The number of hydrogen-bond donors (Lipinski definition) is 1. The Morgan fingerprint density at radius 1 is 1.30 bits per heavy atom. The Labute approximate surface area is 123 Å². The van der Waals surface area contributed by atoms with E-state index < -0.39 is 6.61 Å². The van der Waals surface area contributed by atoms with Crippen LogP contribution in [0.1, 0.15) is 17.3 Å².